The van der Waals surface area contributed by atoms with E-state index in [1.165, 1.54) is 19.2 Å². The predicted octanol–water partition coefficient (Wildman–Crippen LogP) is 2.44. The molecule has 0 saturated heterocycles. The van der Waals surface area contributed by atoms with E-state index in [2.05, 4.69) is 0 Å². The fourth-order valence-electron chi connectivity index (χ4n) is 1.87. The molecule has 0 unspecified atom stereocenters. The lowest BCUT2D eigenvalue weighted by molar-refractivity contribution is 0.111. The summed E-state index contributed by atoms with van der Waals surface area (Å²) in [4.78, 5) is 0.0657. The molecule has 0 heterocycles. The zero-order valence-corrected chi connectivity index (χ0v) is 13.2. The van der Waals surface area contributed by atoms with E-state index in [0.717, 1.165) is 5.56 Å². The van der Waals surface area contributed by atoms with E-state index < -0.39 is 16.2 Å². The van der Waals surface area contributed by atoms with Crippen molar-refractivity contribution in [1.82, 2.24) is 0 Å². The normalized spacial score (nSPS) is 12.9. The summed E-state index contributed by atoms with van der Waals surface area (Å²) in [5, 5.41) is 10.0. The van der Waals surface area contributed by atoms with E-state index in [4.69, 9.17) is 8.92 Å². The molecule has 0 aromatic heterocycles. The number of aliphatic hydroxyl groups is 1. The molecule has 0 aliphatic heterocycles. The fourth-order valence-corrected chi connectivity index (χ4v) is 2.79. The molecule has 0 fully saturated rings. The molecule has 0 aliphatic carbocycles. The van der Waals surface area contributed by atoms with Crippen molar-refractivity contribution in [3.05, 3.63) is 59.7 Å². The summed E-state index contributed by atoms with van der Waals surface area (Å²) in [7, 11) is -2.37. The van der Waals surface area contributed by atoms with Crippen LogP contribution >= 0.6 is 0 Å². The van der Waals surface area contributed by atoms with E-state index in [0.29, 0.717) is 11.3 Å². The molecule has 0 saturated carbocycles. The Morgan fingerprint density at radius 3 is 2.45 bits per heavy atom. The second kappa shape index (κ2) is 6.91. The van der Waals surface area contributed by atoms with Crippen LogP contribution in [0.5, 0.6) is 5.75 Å². The van der Waals surface area contributed by atoms with Gasteiger partial charge in [-0.2, -0.15) is 8.42 Å². The molecule has 22 heavy (non-hydrogen) atoms. The van der Waals surface area contributed by atoms with Gasteiger partial charge in [0.15, 0.2) is 0 Å². The van der Waals surface area contributed by atoms with Gasteiger partial charge in [-0.15, -0.1) is 0 Å². The van der Waals surface area contributed by atoms with E-state index in [-0.39, 0.29) is 11.5 Å². The number of hydrogen-bond donors (Lipinski definition) is 1. The van der Waals surface area contributed by atoms with E-state index in [1.807, 2.05) is 6.92 Å². The highest BCUT2D eigenvalue weighted by atomic mass is 32.2. The molecule has 1 atom stereocenters. The monoisotopic (exact) mass is 322 g/mol. The number of hydrogen-bond acceptors (Lipinski definition) is 5. The lowest BCUT2D eigenvalue weighted by Gasteiger charge is -2.13. The Hall–Kier alpha value is -1.89. The Labute approximate surface area is 130 Å². The van der Waals surface area contributed by atoms with Crippen LogP contribution in [0, 0.1) is 6.92 Å². The number of rotatable bonds is 6. The first-order chi connectivity index (χ1) is 10.4. The Bertz CT molecular complexity index is 722. The van der Waals surface area contributed by atoms with Gasteiger partial charge in [0.2, 0.25) is 0 Å². The molecule has 5 nitrogen and oxygen atoms in total. The minimum Gasteiger partial charge on any atom is -0.497 e. The lowest BCUT2D eigenvalue weighted by atomic mass is 10.1. The van der Waals surface area contributed by atoms with Crippen molar-refractivity contribution in [2.75, 3.05) is 13.7 Å². The SMILES string of the molecule is COc1cccc([C@@H](O)COS(=O)(=O)c2ccc(C)cc2)c1. The third kappa shape index (κ3) is 4.07. The van der Waals surface area contributed by atoms with Crippen molar-refractivity contribution in [2.24, 2.45) is 0 Å². The summed E-state index contributed by atoms with van der Waals surface area (Å²) in [5.41, 5.74) is 1.48. The smallest absolute Gasteiger partial charge is 0.297 e. The first-order valence-corrected chi connectivity index (χ1v) is 8.11. The van der Waals surface area contributed by atoms with Gasteiger partial charge in [-0.25, -0.2) is 0 Å². The molecular weight excluding hydrogens is 304 g/mol. The second-order valence-corrected chi connectivity index (χ2v) is 6.46. The molecule has 0 aliphatic rings. The lowest BCUT2D eigenvalue weighted by Crippen LogP contribution is -2.13. The zero-order valence-electron chi connectivity index (χ0n) is 12.4. The number of aryl methyl sites for hydroxylation is 1. The molecule has 0 radical (unpaired) electrons. The second-order valence-electron chi connectivity index (χ2n) is 4.84. The standard InChI is InChI=1S/C16H18O5S/c1-12-6-8-15(9-7-12)22(18,19)21-11-16(17)13-4-3-5-14(10-13)20-2/h3-10,16-17H,11H2,1-2H3/t16-/m0/s1. The van der Waals surface area contributed by atoms with Gasteiger partial charge in [0.1, 0.15) is 11.9 Å². The summed E-state index contributed by atoms with van der Waals surface area (Å²) in [5.74, 6) is 0.581. The minimum atomic E-state index is -3.89. The van der Waals surface area contributed by atoms with Gasteiger partial charge in [0.25, 0.3) is 10.1 Å². The molecule has 6 heteroatoms. The largest absolute Gasteiger partial charge is 0.497 e. The van der Waals surface area contributed by atoms with Gasteiger partial charge in [-0.1, -0.05) is 29.8 Å². The maximum atomic E-state index is 12.0. The highest BCUT2D eigenvalue weighted by Crippen LogP contribution is 2.21. The first kappa shape index (κ1) is 16.5. The number of ether oxygens (including phenoxy) is 1. The molecule has 2 aromatic carbocycles. The van der Waals surface area contributed by atoms with Crippen LogP contribution in [0.4, 0.5) is 0 Å². The van der Waals surface area contributed by atoms with Crippen LogP contribution in [0.2, 0.25) is 0 Å². The molecule has 0 amide bonds. The first-order valence-electron chi connectivity index (χ1n) is 6.70. The van der Waals surface area contributed by atoms with Crippen LogP contribution < -0.4 is 4.74 Å². The van der Waals surface area contributed by atoms with Gasteiger partial charge >= 0.3 is 0 Å². The third-order valence-electron chi connectivity index (χ3n) is 3.17. The van der Waals surface area contributed by atoms with Crippen LogP contribution in [0.25, 0.3) is 0 Å². The van der Waals surface area contributed by atoms with Crippen molar-refractivity contribution in [2.45, 2.75) is 17.9 Å². The van der Waals surface area contributed by atoms with Gasteiger partial charge in [-0.05, 0) is 36.8 Å². The van der Waals surface area contributed by atoms with Crippen LogP contribution in [0.3, 0.4) is 0 Å². The fraction of sp³-hybridized carbons (Fsp3) is 0.250. The molecule has 2 rings (SSSR count). The predicted molar refractivity (Wildman–Crippen MR) is 82.3 cm³/mol. The topological polar surface area (TPSA) is 72.8 Å². The average molecular weight is 322 g/mol. The average Bonchev–Trinajstić information content (AvgIpc) is 2.53. The molecular formula is C16H18O5S. The quantitative estimate of drug-likeness (QED) is 0.827. The third-order valence-corrected chi connectivity index (χ3v) is 4.47. The highest BCUT2D eigenvalue weighted by Gasteiger charge is 2.18. The maximum absolute atomic E-state index is 12.0. The number of methoxy groups -OCH3 is 1. The summed E-state index contributed by atoms with van der Waals surface area (Å²) >= 11 is 0. The summed E-state index contributed by atoms with van der Waals surface area (Å²) in [6.45, 7) is 1.51. The molecule has 0 bridgehead atoms. The van der Waals surface area contributed by atoms with Gasteiger partial charge in [-0.3, -0.25) is 4.18 Å². The van der Waals surface area contributed by atoms with E-state index >= 15 is 0 Å². The van der Waals surface area contributed by atoms with Crippen molar-refractivity contribution < 1.29 is 22.4 Å². The van der Waals surface area contributed by atoms with Crippen molar-refractivity contribution in [1.29, 1.82) is 0 Å². The van der Waals surface area contributed by atoms with E-state index in [9.17, 15) is 13.5 Å². The Morgan fingerprint density at radius 1 is 1.14 bits per heavy atom. The number of benzene rings is 2. The van der Waals surface area contributed by atoms with Crippen LogP contribution in [-0.2, 0) is 14.3 Å². The van der Waals surface area contributed by atoms with Crippen molar-refractivity contribution in [3.8, 4) is 5.75 Å². The van der Waals surface area contributed by atoms with Crippen LogP contribution in [-0.4, -0.2) is 27.2 Å². The molecule has 2 aromatic rings. The van der Waals surface area contributed by atoms with Crippen molar-refractivity contribution >= 4 is 10.1 Å². The Morgan fingerprint density at radius 2 is 1.82 bits per heavy atom. The van der Waals surface area contributed by atoms with Gasteiger partial charge in [0, 0.05) is 0 Å². The molecule has 118 valence electrons. The van der Waals surface area contributed by atoms with Crippen LogP contribution in [0.15, 0.2) is 53.4 Å². The minimum absolute atomic E-state index is 0.0657. The summed E-state index contributed by atoms with van der Waals surface area (Å²) in [6, 6.07) is 13.1. The molecule has 0 spiro atoms. The summed E-state index contributed by atoms with van der Waals surface area (Å²) in [6.07, 6.45) is -1.06. The maximum Gasteiger partial charge on any atom is 0.297 e. The highest BCUT2D eigenvalue weighted by molar-refractivity contribution is 7.86. The van der Waals surface area contributed by atoms with Crippen molar-refractivity contribution in [3.63, 3.8) is 0 Å². The number of aliphatic hydroxyl groups excluding tert-OH is 1. The van der Waals surface area contributed by atoms with Gasteiger partial charge < -0.3 is 9.84 Å². The van der Waals surface area contributed by atoms with Crippen LogP contribution in [0.1, 0.15) is 17.2 Å². The molecule has 1 N–H and O–H groups in total. The Kier molecular flexibility index (Phi) is 5.18. The zero-order chi connectivity index (χ0) is 16.2. The summed E-state index contributed by atoms with van der Waals surface area (Å²) < 4.78 is 34.1. The van der Waals surface area contributed by atoms with E-state index in [1.54, 1.807) is 36.4 Å². The Balaban J connectivity index is 2.06. The van der Waals surface area contributed by atoms with Gasteiger partial charge in [0.05, 0.1) is 18.6 Å².